The number of hydrogen-bond acceptors (Lipinski definition) is 3. The molecule has 2 rings (SSSR count). The van der Waals surface area contributed by atoms with Gasteiger partial charge in [0.1, 0.15) is 5.82 Å². The molecule has 0 aliphatic carbocycles. The number of hydrazine groups is 1. The van der Waals surface area contributed by atoms with Gasteiger partial charge in [0.2, 0.25) is 0 Å². The Morgan fingerprint density at radius 1 is 1.12 bits per heavy atom. The van der Waals surface area contributed by atoms with Gasteiger partial charge >= 0.3 is 0 Å². The van der Waals surface area contributed by atoms with Gasteiger partial charge in [-0.25, -0.2) is 9.99 Å². The first-order chi connectivity index (χ1) is 8.05. The van der Waals surface area contributed by atoms with E-state index in [0.717, 1.165) is 18.9 Å². The number of hydrogen-bond donors (Lipinski definition) is 1. The van der Waals surface area contributed by atoms with Gasteiger partial charge in [0.15, 0.2) is 0 Å². The lowest BCUT2D eigenvalue weighted by atomic mass is 9.88. The number of rotatable bonds is 2. The second-order valence-electron chi connectivity index (χ2n) is 5.84. The molecule has 0 saturated carbocycles. The van der Waals surface area contributed by atoms with Crippen LogP contribution in [-0.4, -0.2) is 23.1 Å². The molecule has 0 unspecified atom stereocenters. The normalized spacial score (nSPS) is 18.1. The first-order valence-electron chi connectivity index (χ1n) is 6.54. The largest absolute Gasteiger partial charge is 0.303 e. The smallest absolute Gasteiger partial charge is 0.140 e. The zero-order chi connectivity index (χ0) is 12.3. The maximum Gasteiger partial charge on any atom is 0.140 e. The summed E-state index contributed by atoms with van der Waals surface area (Å²) in [7, 11) is 0. The van der Waals surface area contributed by atoms with Crippen molar-refractivity contribution in [2.75, 3.05) is 18.5 Å². The fourth-order valence-corrected chi connectivity index (χ4v) is 2.07. The molecule has 1 N–H and O–H groups in total. The Bertz CT molecular complexity index is 345. The molecule has 17 heavy (non-hydrogen) atoms. The average Bonchev–Trinajstić information content (AvgIpc) is 2.30. The summed E-state index contributed by atoms with van der Waals surface area (Å²) >= 11 is 0. The third-order valence-corrected chi connectivity index (χ3v) is 3.26. The summed E-state index contributed by atoms with van der Waals surface area (Å²) in [5.41, 5.74) is 4.84. The standard InChI is InChI=1S/C14H23N3/c1-14(2,3)12-7-8-13(15-11-12)16-17-9-5-4-6-10-17/h7-8,11H,4-6,9-10H2,1-3H3,(H,15,16). The molecule has 2 heterocycles. The molecule has 1 fully saturated rings. The number of nitrogens with one attached hydrogen (secondary N) is 1. The molecule has 1 aromatic rings. The van der Waals surface area contributed by atoms with Gasteiger partial charge in [-0.15, -0.1) is 0 Å². The van der Waals surface area contributed by atoms with E-state index in [1.807, 2.05) is 6.20 Å². The van der Waals surface area contributed by atoms with Crippen molar-refractivity contribution in [3.8, 4) is 0 Å². The van der Waals surface area contributed by atoms with Crippen molar-refractivity contribution < 1.29 is 0 Å². The Balaban J connectivity index is 1.98. The Labute approximate surface area is 104 Å². The molecule has 94 valence electrons. The molecule has 1 aliphatic rings. The van der Waals surface area contributed by atoms with Gasteiger partial charge in [-0.05, 0) is 29.9 Å². The van der Waals surface area contributed by atoms with Gasteiger partial charge in [0.25, 0.3) is 0 Å². The lowest BCUT2D eigenvalue weighted by Crippen LogP contribution is -2.35. The molecule has 0 aromatic carbocycles. The fourth-order valence-electron chi connectivity index (χ4n) is 2.07. The van der Waals surface area contributed by atoms with E-state index >= 15 is 0 Å². The van der Waals surface area contributed by atoms with E-state index in [-0.39, 0.29) is 5.41 Å². The summed E-state index contributed by atoms with van der Waals surface area (Å²) in [5, 5.41) is 2.27. The summed E-state index contributed by atoms with van der Waals surface area (Å²) < 4.78 is 0. The second kappa shape index (κ2) is 5.05. The van der Waals surface area contributed by atoms with Crippen LogP contribution in [-0.2, 0) is 5.41 Å². The Morgan fingerprint density at radius 2 is 1.82 bits per heavy atom. The topological polar surface area (TPSA) is 28.2 Å². The van der Waals surface area contributed by atoms with Crippen molar-refractivity contribution in [2.45, 2.75) is 45.4 Å². The first kappa shape index (κ1) is 12.4. The van der Waals surface area contributed by atoms with Crippen LogP contribution in [0.4, 0.5) is 5.82 Å². The molecule has 0 amide bonds. The average molecular weight is 233 g/mol. The van der Waals surface area contributed by atoms with E-state index in [1.165, 1.54) is 24.8 Å². The maximum absolute atomic E-state index is 4.49. The minimum absolute atomic E-state index is 0.177. The summed E-state index contributed by atoms with van der Waals surface area (Å²) in [6, 6.07) is 4.24. The molecule has 0 radical (unpaired) electrons. The van der Waals surface area contributed by atoms with Crippen LogP contribution in [0.2, 0.25) is 0 Å². The molecule has 1 aliphatic heterocycles. The van der Waals surface area contributed by atoms with E-state index in [4.69, 9.17) is 0 Å². The van der Waals surface area contributed by atoms with Crippen LogP contribution in [0.5, 0.6) is 0 Å². The van der Waals surface area contributed by atoms with Gasteiger partial charge in [-0.2, -0.15) is 0 Å². The molecular weight excluding hydrogens is 210 g/mol. The summed E-state index contributed by atoms with van der Waals surface area (Å²) in [6.45, 7) is 8.89. The lowest BCUT2D eigenvalue weighted by Gasteiger charge is -2.27. The number of piperidine rings is 1. The van der Waals surface area contributed by atoms with Gasteiger partial charge in [0, 0.05) is 19.3 Å². The summed E-state index contributed by atoms with van der Waals surface area (Å²) in [6.07, 6.45) is 5.90. The van der Waals surface area contributed by atoms with Crippen molar-refractivity contribution in [2.24, 2.45) is 0 Å². The van der Waals surface area contributed by atoms with Gasteiger partial charge in [0.05, 0.1) is 0 Å². The van der Waals surface area contributed by atoms with E-state index in [0.29, 0.717) is 0 Å². The summed E-state index contributed by atoms with van der Waals surface area (Å²) in [4.78, 5) is 4.49. The lowest BCUT2D eigenvalue weighted by molar-refractivity contribution is 0.272. The molecule has 1 saturated heterocycles. The molecule has 1 aromatic heterocycles. The molecular formula is C14H23N3. The highest BCUT2D eigenvalue weighted by atomic mass is 15.5. The zero-order valence-electron chi connectivity index (χ0n) is 11.2. The third kappa shape index (κ3) is 3.43. The van der Waals surface area contributed by atoms with Gasteiger partial charge in [-0.1, -0.05) is 33.3 Å². The maximum atomic E-state index is 4.49. The van der Waals surface area contributed by atoms with Crippen molar-refractivity contribution in [3.63, 3.8) is 0 Å². The Kier molecular flexibility index (Phi) is 3.67. The van der Waals surface area contributed by atoms with Crippen molar-refractivity contribution in [3.05, 3.63) is 23.9 Å². The van der Waals surface area contributed by atoms with Crippen LogP contribution in [0.15, 0.2) is 18.3 Å². The molecule has 0 atom stereocenters. The fraction of sp³-hybridized carbons (Fsp3) is 0.643. The van der Waals surface area contributed by atoms with Crippen LogP contribution >= 0.6 is 0 Å². The van der Waals surface area contributed by atoms with Crippen molar-refractivity contribution in [1.82, 2.24) is 9.99 Å². The summed E-state index contributed by atoms with van der Waals surface area (Å²) in [5.74, 6) is 0.958. The molecule has 3 heteroatoms. The Hall–Kier alpha value is -1.09. The zero-order valence-corrected chi connectivity index (χ0v) is 11.2. The minimum Gasteiger partial charge on any atom is -0.303 e. The first-order valence-corrected chi connectivity index (χ1v) is 6.54. The van der Waals surface area contributed by atoms with E-state index in [1.54, 1.807) is 0 Å². The number of anilines is 1. The highest BCUT2D eigenvalue weighted by Gasteiger charge is 2.14. The van der Waals surface area contributed by atoms with E-state index in [2.05, 4.69) is 48.3 Å². The number of aromatic nitrogens is 1. The molecule has 3 nitrogen and oxygen atoms in total. The van der Waals surface area contributed by atoms with E-state index in [9.17, 15) is 0 Å². The highest BCUT2D eigenvalue weighted by molar-refractivity contribution is 5.36. The van der Waals surface area contributed by atoms with E-state index < -0.39 is 0 Å². The van der Waals surface area contributed by atoms with Gasteiger partial charge < -0.3 is 5.43 Å². The predicted molar refractivity (Wildman–Crippen MR) is 72.0 cm³/mol. The SMILES string of the molecule is CC(C)(C)c1ccc(NN2CCCCC2)nc1. The Morgan fingerprint density at radius 3 is 2.35 bits per heavy atom. The minimum atomic E-state index is 0.177. The van der Waals surface area contributed by atoms with Crippen molar-refractivity contribution >= 4 is 5.82 Å². The monoisotopic (exact) mass is 233 g/mol. The van der Waals surface area contributed by atoms with Crippen LogP contribution in [0, 0.1) is 0 Å². The van der Waals surface area contributed by atoms with Crippen LogP contribution in [0.25, 0.3) is 0 Å². The van der Waals surface area contributed by atoms with Gasteiger partial charge in [-0.3, -0.25) is 0 Å². The number of nitrogens with zero attached hydrogens (tertiary/aromatic N) is 2. The van der Waals surface area contributed by atoms with Crippen LogP contribution < -0.4 is 5.43 Å². The van der Waals surface area contributed by atoms with Crippen LogP contribution in [0.1, 0.15) is 45.6 Å². The highest BCUT2D eigenvalue weighted by Crippen LogP contribution is 2.22. The quantitative estimate of drug-likeness (QED) is 0.850. The number of pyridine rings is 1. The molecule has 0 bridgehead atoms. The third-order valence-electron chi connectivity index (χ3n) is 3.26. The van der Waals surface area contributed by atoms with Crippen LogP contribution in [0.3, 0.4) is 0 Å². The van der Waals surface area contributed by atoms with Crippen molar-refractivity contribution in [1.29, 1.82) is 0 Å². The molecule has 0 spiro atoms. The second-order valence-corrected chi connectivity index (χ2v) is 5.84. The predicted octanol–water partition coefficient (Wildman–Crippen LogP) is 3.19.